The van der Waals surface area contributed by atoms with Crippen molar-refractivity contribution >= 4 is 5.91 Å². The molecule has 0 aliphatic rings. The summed E-state index contributed by atoms with van der Waals surface area (Å²) in [6.07, 6.45) is 35.9. The van der Waals surface area contributed by atoms with Crippen molar-refractivity contribution in [1.29, 1.82) is 0 Å². The molecule has 4 atom stereocenters. The second-order valence-corrected chi connectivity index (χ2v) is 12.5. The number of allylic oxidation sites excluding steroid dienone is 6. The van der Waals surface area contributed by atoms with Crippen molar-refractivity contribution in [2.24, 2.45) is 0 Å². The number of unbranched alkanes of at least 4 members (excludes halogenated alkanes) is 17. The Hall–Kier alpha value is -1.47. The Labute approximate surface area is 271 Å². The van der Waals surface area contributed by atoms with Gasteiger partial charge >= 0.3 is 0 Å². The third-order valence-corrected chi connectivity index (χ3v) is 8.32. The Kier molecular flexibility index (Phi) is 31.8. The van der Waals surface area contributed by atoms with Crippen molar-refractivity contribution in [3.8, 4) is 0 Å². The van der Waals surface area contributed by atoms with Crippen molar-refractivity contribution < 1.29 is 25.2 Å². The summed E-state index contributed by atoms with van der Waals surface area (Å²) < 4.78 is 0. The Morgan fingerprint density at radius 1 is 0.568 bits per heavy atom. The third kappa shape index (κ3) is 26.9. The van der Waals surface area contributed by atoms with Crippen molar-refractivity contribution in [3.63, 3.8) is 0 Å². The van der Waals surface area contributed by atoms with Crippen LogP contribution in [0, 0.1) is 0 Å². The zero-order valence-corrected chi connectivity index (χ0v) is 28.6. The lowest BCUT2D eigenvalue weighted by atomic mass is 10.00. The molecule has 0 radical (unpaired) electrons. The van der Waals surface area contributed by atoms with Gasteiger partial charge in [-0.1, -0.05) is 147 Å². The zero-order valence-electron chi connectivity index (χ0n) is 28.6. The van der Waals surface area contributed by atoms with Gasteiger partial charge in [0.15, 0.2) is 0 Å². The van der Waals surface area contributed by atoms with Gasteiger partial charge in [0.1, 0.15) is 12.2 Å². The minimum absolute atomic E-state index is 0.360. The van der Waals surface area contributed by atoms with E-state index in [1.807, 2.05) is 0 Å². The van der Waals surface area contributed by atoms with Gasteiger partial charge in [0.05, 0.1) is 18.8 Å². The molecule has 6 nitrogen and oxygen atoms in total. The van der Waals surface area contributed by atoms with Crippen LogP contribution in [0.3, 0.4) is 0 Å². The molecule has 0 aromatic heterocycles. The van der Waals surface area contributed by atoms with E-state index in [1.54, 1.807) is 0 Å². The number of hydrogen-bond acceptors (Lipinski definition) is 5. The topological polar surface area (TPSA) is 110 Å². The van der Waals surface area contributed by atoms with E-state index >= 15 is 0 Å². The number of rotatable bonds is 32. The van der Waals surface area contributed by atoms with Crippen molar-refractivity contribution in [2.45, 2.75) is 192 Å². The first-order chi connectivity index (χ1) is 21.5. The fourth-order valence-corrected chi connectivity index (χ4v) is 5.38. The van der Waals surface area contributed by atoms with Gasteiger partial charge in [0.25, 0.3) is 0 Å². The molecule has 0 spiro atoms. The molecule has 5 N–H and O–H groups in total. The first-order valence-electron chi connectivity index (χ1n) is 18.4. The lowest BCUT2D eigenvalue weighted by molar-refractivity contribution is -0.132. The molecule has 6 heteroatoms. The Balaban J connectivity index is 3.88. The summed E-state index contributed by atoms with van der Waals surface area (Å²) in [6, 6.07) is -1.01. The minimum Gasteiger partial charge on any atom is -0.394 e. The Bertz CT molecular complexity index is 707. The number of aliphatic hydroxyl groups excluding tert-OH is 4. The second-order valence-electron chi connectivity index (χ2n) is 12.5. The van der Waals surface area contributed by atoms with Crippen LogP contribution in [0.1, 0.15) is 168 Å². The summed E-state index contributed by atoms with van der Waals surface area (Å²) >= 11 is 0. The predicted molar refractivity (Wildman–Crippen MR) is 187 cm³/mol. The van der Waals surface area contributed by atoms with Gasteiger partial charge < -0.3 is 25.7 Å². The molecule has 4 unspecified atom stereocenters. The SMILES string of the molecule is CC/C=C/CC/C=C/CC/C=C/CCCC(O)C(O)C(CO)NC(=O)C(O)CCCCCCCCCCCCCCCCC. The molecule has 0 saturated heterocycles. The summed E-state index contributed by atoms with van der Waals surface area (Å²) in [4.78, 5) is 12.4. The molecule has 44 heavy (non-hydrogen) atoms. The van der Waals surface area contributed by atoms with Crippen LogP contribution < -0.4 is 5.32 Å². The molecule has 0 heterocycles. The summed E-state index contributed by atoms with van der Waals surface area (Å²) in [6.45, 7) is 3.90. The lowest BCUT2D eigenvalue weighted by Crippen LogP contribution is -2.53. The molecule has 0 aromatic rings. The number of nitrogens with one attached hydrogen (secondary N) is 1. The fraction of sp³-hybridized carbons (Fsp3) is 0.816. The molecule has 0 aliphatic carbocycles. The number of carbonyl (C=O) groups is 1. The molecular weight excluding hydrogens is 550 g/mol. The van der Waals surface area contributed by atoms with Crippen molar-refractivity contribution in [2.75, 3.05) is 6.61 Å². The van der Waals surface area contributed by atoms with Crippen LogP contribution in [0.2, 0.25) is 0 Å². The van der Waals surface area contributed by atoms with Crippen molar-refractivity contribution in [1.82, 2.24) is 5.32 Å². The lowest BCUT2D eigenvalue weighted by Gasteiger charge is -2.27. The molecular formula is C38H71NO5. The molecule has 0 rings (SSSR count). The summed E-state index contributed by atoms with van der Waals surface area (Å²) in [5.41, 5.74) is 0. The van der Waals surface area contributed by atoms with Crippen LogP contribution in [0.25, 0.3) is 0 Å². The Morgan fingerprint density at radius 2 is 1.00 bits per heavy atom. The van der Waals surface area contributed by atoms with E-state index in [1.165, 1.54) is 77.0 Å². The highest BCUT2D eigenvalue weighted by Crippen LogP contribution is 2.15. The van der Waals surface area contributed by atoms with Crippen LogP contribution in [0.15, 0.2) is 36.5 Å². The maximum atomic E-state index is 12.4. The van der Waals surface area contributed by atoms with Gasteiger partial charge in [-0.3, -0.25) is 4.79 Å². The van der Waals surface area contributed by atoms with Gasteiger partial charge in [-0.05, 0) is 57.8 Å². The average Bonchev–Trinajstić information content (AvgIpc) is 3.03. The van der Waals surface area contributed by atoms with Crippen LogP contribution in [0.5, 0.6) is 0 Å². The van der Waals surface area contributed by atoms with Crippen LogP contribution in [-0.2, 0) is 4.79 Å². The molecule has 1 amide bonds. The van der Waals surface area contributed by atoms with E-state index in [0.717, 1.165) is 57.8 Å². The molecule has 0 aliphatic heterocycles. The molecule has 0 aromatic carbocycles. The first-order valence-corrected chi connectivity index (χ1v) is 18.4. The highest BCUT2D eigenvalue weighted by Gasteiger charge is 2.28. The first kappa shape index (κ1) is 42.5. The van der Waals surface area contributed by atoms with Gasteiger partial charge in [-0.15, -0.1) is 0 Å². The molecule has 258 valence electrons. The van der Waals surface area contributed by atoms with E-state index < -0.39 is 36.9 Å². The third-order valence-electron chi connectivity index (χ3n) is 8.32. The number of carbonyl (C=O) groups excluding carboxylic acids is 1. The van der Waals surface area contributed by atoms with Gasteiger partial charge in [0, 0.05) is 0 Å². The van der Waals surface area contributed by atoms with E-state index in [-0.39, 0.29) is 0 Å². The Morgan fingerprint density at radius 3 is 1.45 bits per heavy atom. The summed E-state index contributed by atoms with van der Waals surface area (Å²) in [5, 5.41) is 43.4. The van der Waals surface area contributed by atoms with Crippen LogP contribution >= 0.6 is 0 Å². The summed E-state index contributed by atoms with van der Waals surface area (Å²) in [7, 11) is 0. The van der Waals surface area contributed by atoms with E-state index in [0.29, 0.717) is 19.3 Å². The van der Waals surface area contributed by atoms with Gasteiger partial charge in [0.2, 0.25) is 5.91 Å². The zero-order chi connectivity index (χ0) is 32.5. The predicted octanol–water partition coefficient (Wildman–Crippen LogP) is 8.62. The van der Waals surface area contributed by atoms with Crippen LogP contribution in [0.4, 0.5) is 0 Å². The quantitative estimate of drug-likeness (QED) is 0.0382. The molecule has 0 saturated carbocycles. The minimum atomic E-state index is -1.29. The van der Waals surface area contributed by atoms with E-state index in [9.17, 15) is 25.2 Å². The standard InChI is InChI=1S/C38H71NO5/c1-3-5-7-9-11-13-15-17-18-20-22-24-26-28-30-32-36(42)38(44)39-34(33-40)37(43)35(41)31-29-27-25-23-21-19-16-14-12-10-8-6-4-2/h6,8,14,16,23,25,34-37,40-43H,3-5,7,9-13,15,17-22,24,26-33H2,1-2H3,(H,39,44)/b8-6+,16-14+,25-23+. The van der Waals surface area contributed by atoms with Crippen LogP contribution in [-0.4, -0.2) is 57.3 Å². The second kappa shape index (κ2) is 32.9. The van der Waals surface area contributed by atoms with E-state index in [2.05, 4.69) is 55.6 Å². The molecule has 0 bridgehead atoms. The fourth-order valence-electron chi connectivity index (χ4n) is 5.38. The smallest absolute Gasteiger partial charge is 0.249 e. The largest absolute Gasteiger partial charge is 0.394 e. The number of amides is 1. The highest BCUT2D eigenvalue weighted by molar-refractivity contribution is 5.80. The number of aliphatic hydroxyl groups is 4. The normalized spacial score (nSPS) is 15.0. The maximum absolute atomic E-state index is 12.4. The summed E-state index contributed by atoms with van der Waals surface area (Å²) in [5.74, 6) is -0.602. The van der Waals surface area contributed by atoms with Crippen molar-refractivity contribution in [3.05, 3.63) is 36.5 Å². The highest BCUT2D eigenvalue weighted by atomic mass is 16.3. The maximum Gasteiger partial charge on any atom is 0.249 e. The molecule has 0 fully saturated rings. The van der Waals surface area contributed by atoms with E-state index in [4.69, 9.17) is 0 Å². The van der Waals surface area contributed by atoms with Gasteiger partial charge in [-0.2, -0.15) is 0 Å². The average molecular weight is 622 g/mol. The monoisotopic (exact) mass is 622 g/mol. The van der Waals surface area contributed by atoms with Gasteiger partial charge in [-0.25, -0.2) is 0 Å². The number of hydrogen-bond donors (Lipinski definition) is 5.